The van der Waals surface area contributed by atoms with E-state index < -0.39 is 41.4 Å². The van der Waals surface area contributed by atoms with Gasteiger partial charge in [-0.1, -0.05) is 0 Å². The highest BCUT2D eigenvalue weighted by Gasteiger charge is 2.21. The Bertz CT molecular complexity index is 411. The van der Waals surface area contributed by atoms with Gasteiger partial charge in [0.2, 0.25) is 11.6 Å². The molecule has 0 heterocycles. The Balaban J connectivity index is 2.87. The van der Waals surface area contributed by atoms with Crippen LogP contribution in [0.25, 0.3) is 0 Å². The van der Waals surface area contributed by atoms with Gasteiger partial charge in [0.25, 0.3) is 0 Å². The number of rotatable bonds is 5. The van der Waals surface area contributed by atoms with Crippen molar-refractivity contribution in [2.24, 2.45) is 0 Å². The number of benzene rings is 1. The Morgan fingerprint density at radius 1 is 1.24 bits per heavy atom. The van der Waals surface area contributed by atoms with Crippen LogP contribution in [-0.4, -0.2) is 26.0 Å². The van der Waals surface area contributed by atoms with Gasteiger partial charge in [-0.15, -0.1) is 0 Å². The highest BCUT2D eigenvalue weighted by Crippen LogP contribution is 2.26. The predicted molar refractivity (Wildman–Crippen MR) is 50.7 cm³/mol. The molecule has 0 saturated carbocycles. The van der Waals surface area contributed by atoms with Gasteiger partial charge in [0.05, 0.1) is 6.54 Å². The maximum atomic E-state index is 13.0. The van der Waals surface area contributed by atoms with Crippen molar-refractivity contribution in [3.63, 3.8) is 0 Å². The molecule has 7 heteroatoms. The van der Waals surface area contributed by atoms with E-state index in [2.05, 4.69) is 10.1 Å². The molecule has 0 radical (unpaired) electrons. The first-order valence-corrected chi connectivity index (χ1v) is 4.59. The van der Waals surface area contributed by atoms with Gasteiger partial charge in [-0.25, -0.2) is 8.78 Å². The SMILES string of the molecule is CNCC(=O)COc1c(F)c(F)cc(F)c1F. The molecule has 0 aliphatic heterocycles. The number of ether oxygens (including phenoxy) is 1. The first-order chi connectivity index (χ1) is 7.97. The zero-order chi connectivity index (χ0) is 13.0. The molecule has 0 bridgehead atoms. The summed E-state index contributed by atoms with van der Waals surface area (Å²) in [4.78, 5) is 11.0. The molecule has 1 rings (SSSR count). The third-order valence-electron chi connectivity index (χ3n) is 1.82. The predicted octanol–water partition coefficient (Wildman–Crippen LogP) is 1.41. The second kappa shape index (κ2) is 5.62. The third-order valence-corrected chi connectivity index (χ3v) is 1.82. The summed E-state index contributed by atoms with van der Waals surface area (Å²) in [5.74, 6) is -8.25. The standard InChI is InChI=1S/C10H9F4NO2/c1-15-3-5(16)4-17-10-8(13)6(11)2-7(12)9(10)14/h2,15H,3-4H2,1H3. The summed E-state index contributed by atoms with van der Waals surface area (Å²) in [7, 11) is 1.49. The molecule has 0 fully saturated rings. The molecular weight excluding hydrogens is 242 g/mol. The number of carbonyl (C=O) groups excluding carboxylic acids is 1. The van der Waals surface area contributed by atoms with Crippen molar-refractivity contribution in [2.75, 3.05) is 20.2 Å². The van der Waals surface area contributed by atoms with E-state index in [0.29, 0.717) is 0 Å². The second-order valence-corrected chi connectivity index (χ2v) is 3.15. The number of hydrogen-bond acceptors (Lipinski definition) is 3. The molecule has 1 aromatic rings. The fraction of sp³-hybridized carbons (Fsp3) is 0.300. The lowest BCUT2D eigenvalue weighted by Gasteiger charge is -2.08. The number of hydrogen-bond donors (Lipinski definition) is 1. The smallest absolute Gasteiger partial charge is 0.203 e. The Morgan fingerprint density at radius 2 is 1.76 bits per heavy atom. The number of carbonyl (C=O) groups is 1. The summed E-state index contributed by atoms with van der Waals surface area (Å²) in [6.45, 7) is -0.765. The summed E-state index contributed by atoms with van der Waals surface area (Å²) < 4.78 is 56.0. The van der Waals surface area contributed by atoms with E-state index >= 15 is 0 Å². The molecule has 3 nitrogen and oxygen atoms in total. The summed E-state index contributed by atoms with van der Waals surface area (Å²) in [6, 6.07) is 0.0624. The number of Topliss-reactive ketones (excluding diaryl/α,β-unsaturated/α-hetero) is 1. The lowest BCUT2D eigenvalue weighted by atomic mass is 10.3. The Kier molecular flexibility index (Phi) is 4.45. The van der Waals surface area contributed by atoms with Crippen LogP contribution in [0.2, 0.25) is 0 Å². The van der Waals surface area contributed by atoms with E-state index in [1.165, 1.54) is 7.05 Å². The molecular formula is C10H9F4NO2. The van der Waals surface area contributed by atoms with Crippen molar-refractivity contribution in [3.8, 4) is 5.75 Å². The molecule has 0 aliphatic rings. The van der Waals surface area contributed by atoms with Gasteiger partial charge >= 0.3 is 0 Å². The van der Waals surface area contributed by atoms with Crippen LogP contribution in [-0.2, 0) is 4.79 Å². The molecule has 0 unspecified atom stereocenters. The normalized spacial score (nSPS) is 10.4. The molecule has 0 amide bonds. The van der Waals surface area contributed by atoms with E-state index in [0.717, 1.165) is 0 Å². The number of nitrogens with one attached hydrogen (secondary N) is 1. The van der Waals surface area contributed by atoms with Gasteiger partial charge in [-0.05, 0) is 7.05 Å². The first-order valence-electron chi connectivity index (χ1n) is 4.59. The van der Waals surface area contributed by atoms with Crippen LogP contribution in [0.3, 0.4) is 0 Å². The lowest BCUT2D eigenvalue weighted by molar-refractivity contribution is -0.120. The molecule has 0 saturated heterocycles. The fourth-order valence-corrected chi connectivity index (χ4v) is 1.08. The Hall–Kier alpha value is -1.63. The third kappa shape index (κ3) is 3.16. The van der Waals surface area contributed by atoms with E-state index in [1.807, 2.05) is 0 Å². The van der Waals surface area contributed by atoms with Gasteiger partial charge in [0, 0.05) is 6.07 Å². The van der Waals surface area contributed by atoms with Crippen LogP contribution in [0.4, 0.5) is 17.6 Å². The van der Waals surface area contributed by atoms with E-state index in [9.17, 15) is 22.4 Å². The van der Waals surface area contributed by atoms with E-state index in [-0.39, 0.29) is 12.6 Å². The van der Waals surface area contributed by atoms with Crippen LogP contribution in [0.5, 0.6) is 5.75 Å². The average molecular weight is 251 g/mol. The monoisotopic (exact) mass is 251 g/mol. The van der Waals surface area contributed by atoms with Gasteiger partial charge < -0.3 is 10.1 Å². The van der Waals surface area contributed by atoms with Crippen LogP contribution in [0.15, 0.2) is 6.07 Å². The van der Waals surface area contributed by atoms with Crippen molar-refractivity contribution < 1.29 is 27.1 Å². The number of halogens is 4. The molecule has 1 N–H and O–H groups in total. The zero-order valence-electron chi connectivity index (χ0n) is 8.82. The highest BCUT2D eigenvalue weighted by atomic mass is 19.2. The number of likely N-dealkylation sites (N-methyl/N-ethyl adjacent to an activating group) is 1. The Labute approximate surface area is 94.4 Å². The maximum Gasteiger partial charge on any atom is 0.203 e. The summed E-state index contributed by atoms with van der Waals surface area (Å²) in [5.41, 5.74) is 0. The Morgan fingerprint density at radius 3 is 2.24 bits per heavy atom. The molecule has 17 heavy (non-hydrogen) atoms. The summed E-state index contributed by atoms with van der Waals surface area (Å²) in [5, 5.41) is 2.49. The molecule has 1 aromatic carbocycles. The van der Waals surface area contributed by atoms with Crippen LogP contribution < -0.4 is 10.1 Å². The molecule has 0 spiro atoms. The largest absolute Gasteiger partial charge is 0.479 e. The quantitative estimate of drug-likeness (QED) is 0.635. The fourth-order valence-electron chi connectivity index (χ4n) is 1.08. The molecule has 0 aromatic heterocycles. The van der Waals surface area contributed by atoms with Gasteiger partial charge in [0.15, 0.2) is 23.2 Å². The van der Waals surface area contributed by atoms with E-state index in [1.54, 1.807) is 0 Å². The number of ketones is 1. The average Bonchev–Trinajstić information content (AvgIpc) is 2.27. The van der Waals surface area contributed by atoms with Crippen molar-refractivity contribution in [1.82, 2.24) is 5.32 Å². The topological polar surface area (TPSA) is 38.3 Å². The zero-order valence-corrected chi connectivity index (χ0v) is 8.82. The van der Waals surface area contributed by atoms with Crippen LogP contribution in [0.1, 0.15) is 0 Å². The summed E-state index contributed by atoms with van der Waals surface area (Å²) in [6.07, 6.45) is 0. The van der Waals surface area contributed by atoms with Crippen molar-refractivity contribution in [2.45, 2.75) is 0 Å². The van der Waals surface area contributed by atoms with E-state index in [4.69, 9.17) is 0 Å². The van der Waals surface area contributed by atoms with Crippen LogP contribution in [0, 0.1) is 23.3 Å². The second-order valence-electron chi connectivity index (χ2n) is 3.15. The van der Waals surface area contributed by atoms with Crippen molar-refractivity contribution in [3.05, 3.63) is 29.3 Å². The maximum absolute atomic E-state index is 13.0. The molecule has 0 aliphatic carbocycles. The molecule has 94 valence electrons. The minimum Gasteiger partial charge on any atom is -0.479 e. The molecule has 0 atom stereocenters. The first kappa shape index (κ1) is 13.4. The van der Waals surface area contributed by atoms with Gasteiger partial charge in [-0.2, -0.15) is 8.78 Å². The minimum absolute atomic E-state index is 0.0624. The summed E-state index contributed by atoms with van der Waals surface area (Å²) >= 11 is 0. The van der Waals surface area contributed by atoms with Gasteiger partial charge in [0.1, 0.15) is 6.61 Å². The lowest BCUT2D eigenvalue weighted by Crippen LogP contribution is -2.24. The van der Waals surface area contributed by atoms with Gasteiger partial charge in [-0.3, -0.25) is 4.79 Å². The van der Waals surface area contributed by atoms with Crippen molar-refractivity contribution in [1.29, 1.82) is 0 Å². The van der Waals surface area contributed by atoms with Crippen molar-refractivity contribution >= 4 is 5.78 Å². The minimum atomic E-state index is -1.67. The highest BCUT2D eigenvalue weighted by molar-refractivity contribution is 5.81. The van der Waals surface area contributed by atoms with Crippen LogP contribution >= 0.6 is 0 Å².